The highest BCUT2D eigenvalue weighted by molar-refractivity contribution is 7.89. The van der Waals surface area contributed by atoms with Crippen molar-refractivity contribution in [3.8, 4) is 0 Å². The van der Waals surface area contributed by atoms with E-state index < -0.39 is 44.6 Å². The summed E-state index contributed by atoms with van der Waals surface area (Å²) in [6.45, 7) is -0.150. The van der Waals surface area contributed by atoms with Crippen LogP contribution < -0.4 is 5.73 Å². The van der Waals surface area contributed by atoms with Gasteiger partial charge >= 0.3 is 0 Å². The van der Waals surface area contributed by atoms with Gasteiger partial charge < -0.3 is 10.5 Å². The summed E-state index contributed by atoms with van der Waals surface area (Å²) in [6, 6.07) is 1.67. The number of hydrogen-bond acceptors (Lipinski definition) is 4. The van der Waals surface area contributed by atoms with Crippen LogP contribution in [0, 0.1) is 11.6 Å². The first-order chi connectivity index (χ1) is 9.78. The molecule has 2 N–H and O–H groups in total. The van der Waals surface area contributed by atoms with Crippen LogP contribution in [0.2, 0.25) is 0 Å². The number of nitrogens with two attached hydrogens (primary N) is 1. The Kier molecular flexibility index (Phi) is 4.26. The number of carbonyl (C=O) groups is 1. The van der Waals surface area contributed by atoms with Crippen molar-refractivity contribution in [2.24, 2.45) is 5.73 Å². The second kappa shape index (κ2) is 5.66. The first kappa shape index (κ1) is 15.8. The smallest absolute Gasteiger partial charge is 0.246 e. The van der Waals surface area contributed by atoms with Crippen LogP contribution in [0.1, 0.15) is 6.42 Å². The van der Waals surface area contributed by atoms with Gasteiger partial charge in [-0.3, -0.25) is 4.79 Å². The predicted octanol–water partition coefficient (Wildman–Crippen LogP) is 0.228. The quantitative estimate of drug-likeness (QED) is 0.860. The van der Waals surface area contributed by atoms with E-state index in [9.17, 15) is 22.0 Å². The molecule has 1 fully saturated rings. The number of primary amides is 1. The van der Waals surface area contributed by atoms with Gasteiger partial charge in [-0.1, -0.05) is 6.07 Å². The number of halogens is 2. The monoisotopic (exact) mass is 320 g/mol. The lowest BCUT2D eigenvalue weighted by Gasteiger charge is -2.21. The molecule has 0 radical (unpaired) electrons. The number of rotatable bonds is 4. The lowest BCUT2D eigenvalue weighted by molar-refractivity contribution is -0.121. The molecule has 0 spiro atoms. The molecule has 1 aliphatic heterocycles. The maximum atomic E-state index is 13.7. The van der Waals surface area contributed by atoms with E-state index in [1.165, 1.54) is 7.11 Å². The Bertz CT molecular complexity index is 665. The van der Waals surface area contributed by atoms with E-state index in [2.05, 4.69) is 0 Å². The van der Waals surface area contributed by atoms with Crippen molar-refractivity contribution in [1.82, 2.24) is 4.31 Å². The highest BCUT2D eigenvalue weighted by Gasteiger charge is 2.44. The largest absolute Gasteiger partial charge is 0.380 e. The average Bonchev–Trinajstić information content (AvgIpc) is 2.87. The van der Waals surface area contributed by atoms with E-state index in [4.69, 9.17) is 10.5 Å². The molecule has 6 nitrogen and oxygen atoms in total. The number of sulfonamides is 1. The number of carbonyl (C=O) groups excluding carboxylic acids is 1. The second-order valence-electron chi connectivity index (χ2n) is 4.64. The fraction of sp³-hybridized carbons (Fsp3) is 0.417. The van der Waals surface area contributed by atoms with Gasteiger partial charge in [0.25, 0.3) is 0 Å². The van der Waals surface area contributed by atoms with Crippen molar-refractivity contribution in [3.05, 3.63) is 29.8 Å². The standard InChI is InChI=1S/C12H14F2N2O4S/c1-20-7-5-9(12(15)17)16(6-7)21(18,19)10-4-2-3-8(13)11(10)14/h2-4,7,9H,5-6H2,1H3,(H2,15,17)/t7-,9-/m0/s1. The molecule has 1 amide bonds. The number of benzene rings is 1. The molecule has 0 bridgehead atoms. The number of ether oxygens (including phenoxy) is 1. The van der Waals surface area contributed by atoms with Gasteiger partial charge in [-0.2, -0.15) is 4.31 Å². The highest BCUT2D eigenvalue weighted by Crippen LogP contribution is 2.29. The van der Waals surface area contributed by atoms with Gasteiger partial charge in [0.05, 0.1) is 6.10 Å². The molecule has 0 aromatic heterocycles. The summed E-state index contributed by atoms with van der Waals surface area (Å²) in [7, 11) is -3.03. The molecule has 1 saturated heterocycles. The van der Waals surface area contributed by atoms with Crippen LogP contribution in [0.4, 0.5) is 8.78 Å². The van der Waals surface area contributed by atoms with E-state index >= 15 is 0 Å². The molecule has 1 aliphatic rings. The van der Waals surface area contributed by atoms with Crippen LogP contribution in [0.15, 0.2) is 23.1 Å². The molecule has 0 unspecified atom stereocenters. The van der Waals surface area contributed by atoms with E-state index in [0.29, 0.717) is 0 Å². The van der Waals surface area contributed by atoms with Crippen molar-refractivity contribution in [2.75, 3.05) is 13.7 Å². The third kappa shape index (κ3) is 2.76. The van der Waals surface area contributed by atoms with Gasteiger partial charge in [0.15, 0.2) is 11.6 Å². The third-order valence-corrected chi connectivity index (χ3v) is 5.27. The van der Waals surface area contributed by atoms with Crippen LogP contribution >= 0.6 is 0 Å². The molecule has 2 atom stereocenters. The molecule has 1 aromatic rings. The summed E-state index contributed by atoms with van der Waals surface area (Å²) < 4.78 is 57.6. The van der Waals surface area contributed by atoms with Crippen molar-refractivity contribution < 1.29 is 26.7 Å². The fourth-order valence-electron chi connectivity index (χ4n) is 2.27. The molecular weight excluding hydrogens is 306 g/mol. The topological polar surface area (TPSA) is 89.7 Å². The average molecular weight is 320 g/mol. The molecule has 0 saturated carbocycles. The minimum atomic E-state index is -4.39. The molecule has 2 rings (SSSR count). The van der Waals surface area contributed by atoms with Gasteiger partial charge in [-0.05, 0) is 12.1 Å². The Labute approximate surface area is 120 Å². The zero-order valence-corrected chi connectivity index (χ0v) is 11.9. The highest BCUT2D eigenvalue weighted by atomic mass is 32.2. The van der Waals surface area contributed by atoms with Crippen LogP contribution in [0.3, 0.4) is 0 Å². The van der Waals surface area contributed by atoms with Crippen LogP contribution in [0.5, 0.6) is 0 Å². The zero-order valence-electron chi connectivity index (χ0n) is 11.1. The summed E-state index contributed by atoms with van der Waals surface area (Å²) in [5, 5.41) is 0. The molecule has 1 heterocycles. The summed E-state index contributed by atoms with van der Waals surface area (Å²) >= 11 is 0. The maximum Gasteiger partial charge on any atom is 0.246 e. The van der Waals surface area contributed by atoms with Gasteiger partial charge in [-0.25, -0.2) is 17.2 Å². The summed E-state index contributed by atoms with van der Waals surface area (Å²) in [6.07, 6.45) is -0.462. The van der Waals surface area contributed by atoms with E-state index in [-0.39, 0.29) is 13.0 Å². The van der Waals surface area contributed by atoms with Crippen LogP contribution in [-0.2, 0) is 19.6 Å². The fourth-order valence-corrected chi connectivity index (χ4v) is 3.99. The van der Waals surface area contributed by atoms with E-state index in [1.54, 1.807) is 0 Å². The Hall–Kier alpha value is -1.58. The first-order valence-electron chi connectivity index (χ1n) is 6.07. The lowest BCUT2D eigenvalue weighted by atomic mass is 10.2. The number of nitrogens with zero attached hydrogens (tertiary/aromatic N) is 1. The van der Waals surface area contributed by atoms with E-state index in [0.717, 1.165) is 22.5 Å². The molecular formula is C12H14F2N2O4S. The lowest BCUT2D eigenvalue weighted by Crippen LogP contribution is -2.43. The number of hydrogen-bond donors (Lipinski definition) is 1. The van der Waals surface area contributed by atoms with E-state index in [1.807, 2.05) is 0 Å². The molecule has 116 valence electrons. The number of amides is 1. The second-order valence-corrected chi connectivity index (χ2v) is 6.50. The Balaban J connectivity index is 2.47. The predicted molar refractivity (Wildman–Crippen MR) is 68.6 cm³/mol. The molecule has 9 heteroatoms. The van der Waals surface area contributed by atoms with Crippen molar-refractivity contribution in [2.45, 2.75) is 23.5 Å². The van der Waals surface area contributed by atoms with Gasteiger partial charge in [-0.15, -0.1) is 0 Å². The normalized spacial score (nSPS) is 23.4. The van der Waals surface area contributed by atoms with Gasteiger partial charge in [0.2, 0.25) is 15.9 Å². The summed E-state index contributed by atoms with van der Waals surface area (Å²) in [5.41, 5.74) is 5.18. The Morgan fingerprint density at radius 3 is 2.67 bits per heavy atom. The molecule has 21 heavy (non-hydrogen) atoms. The Morgan fingerprint density at radius 1 is 1.43 bits per heavy atom. The van der Waals surface area contributed by atoms with Crippen LogP contribution in [-0.4, -0.2) is 44.4 Å². The Morgan fingerprint density at radius 2 is 2.10 bits per heavy atom. The molecule has 1 aromatic carbocycles. The summed E-state index contributed by atoms with van der Waals surface area (Å²) in [4.78, 5) is 10.6. The molecule has 0 aliphatic carbocycles. The minimum Gasteiger partial charge on any atom is -0.380 e. The van der Waals surface area contributed by atoms with Gasteiger partial charge in [0, 0.05) is 20.1 Å². The third-order valence-electron chi connectivity index (χ3n) is 3.38. The zero-order chi connectivity index (χ0) is 15.8. The first-order valence-corrected chi connectivity index (χ1v) is 7.51. The van der Waals surface area contributed by atoms with Crippen molar-refractivity contribution in [3.63, 3.8) is 0 Å². The maximum absolute atomic E-state index is 13.7. The number of methoxy groups -OCH3 is 1. The minimum absolute atomic E-state index is 0.0714. The summed E-state index contributed by atoms with van der Waals surface area (Å²) in [5.74, 6) is -3.63. The van der Waals surface area contributed by atoms with Crippen molar-refractivity contribution >= 4 is 15.9 Å². The SMILES string of the molecule is CO[C@H]1C[C@@H](C(N)=O)N(S(=O)(=O)c2cccc(F)c2F)C1. The van der Waals surface area contributed by atoms with Gasteiger partial charge in [0.1, 0.15) is 10.9 Å². The van der Waals surface area contributed by atoms with Crippen LogP contribution in [0.25, 0.3) is 0 Å². The van der Waals surface area contributed by atoms with Crippen molar-refractivity contribution in [1.29, 1.82) is 0 Å².